The second-order valence-electron chi connectivity index (χ2n) is 5.37. The van der Waals surface area contributed by atoms with Gasteiger partial charge in [-0.2, -0.15) is 5.26 Å². The summed E-state index contributed by atoms with van der Waals surface area (Å²) in [6.07, 6.45) is -7.22. The first-order valence-corrected chi connectivity index (χ1v) is 6.97. The van der Waals surface area contributed by atoms with E-state index in [2.05, 4.69) is 16.8 Å². The molecular formula is C14H17N3O7. The van der Waals surface area contributed by atoms with Gasteiger partial charge in [-0.1, -0.05) is 11.8 Å². The standard InChI is InChI=1S/C14H17N3O7/c1-7(18)9(19)2-3-10(20)12-11(21)13(22)14(23,24-12)17-5-8(4-15)16-6-17/h5-7,9-13,18-23H,1H3/t7?,9?,10?,11-,12-,13-,14-/m1/s1. The van der Waals surface area contributed by atoms with E-state index >= 15 is 0 Å². The number of aromatic nitrogens is 2. The Morgan fingerprint density at radius 1 is 1.33 bits per heavy atom. The summed E-state index contributed by atoms with van der Waals surface area (Å²) in [4.78, 5) is 3.65. The van der Waals surface area contributed by atoms with Crippen LogP contribution in [0, 0.1) is 23.2 Å². The number of rotatable bonds is 3. The van der Waals surface area contributed by atoms with E-state index in [1.807, 2.05) is 0 Å². The van der Waals surface area contributed by atoms with Crippen LogP contribution in [0.4, 0.5) is 0 Å². The van der Waals surface area contributed by atoms with Gasteiger partial charge in [0.25, 0.3) is 5.91 Å². The highest BCUT2D eigenvalue weighted by Gasteiger charge is 2.56. The molecule has 10 heteroatoms. The maximum atomic E-state index is 10.4. The van der Waals surface area contributed by atoms with E-state index in [1.54, 1.807) is 6.07 Å². The summed E-state index contributed by atoms with van der Waals surface area (Å²) < 4.78 is 6.02. The van der Waals surface area contributed by atoms with Gasteiger partial charge in [0.2, 0.25) is 0 Å². The third-order valence-electron chi connectivity index (χ3n) is 3.57. The van der Waals surface area contributed by atoms with Crippen LogP contribution in [0.3, 0.4) is 0 Å². The summed E-state index contributed by atoms with van der Waals surface area (Å²) in [5.74, 6) is 1.88. The Balaban J connectivity index is 2.21. The van der Waals surface area contributed by atoms with Gasteiger partial charge < -0.3 is 35.4 Å². The average Bonchev–Trinajstić information content (AvgIpc) is 3.12. The Morgan fingerprint density at radius 2 is 2.00 bits per heavy atom. The predicted octanol–water partition coefficient (Wildman–Crippen LogP) is -3.42. The summed E-state index contributed by atoms with van der Waals surface area (Å²) in [5, 5.41) is 67.6. The lowest BCUT2D eigenvalue weighted by molar-refractivity contribution is -0.291. The molecule has 10 nitrogen and oxygen atoms in total. The molecule has 2 heterocycles. The highest BCUT2D eigenvalue weighted by Crippen LogP contribution is 2.34. The van der Waals surface area contributed by atoms with E-state index in [9.17, 15) is 25.5 Å². The van der Waals surface area contributed by atoms with Gasteiger partial charge in [0.05, 0.1) is 6.10 Å². The van der Waals surface area contributed by atoms with Gasteiger partial charge in [-0.15, -0.1) is 0 Å². The van der Waals surface area contributed by atoms with E-state index < -0.39 is 42.5 Å². The van der Waals surface area contributed by atoms with Crippen molar-refractivity contribution in [1.29, 1.82) is 5.26 Å². The van der Waals surface area contributed by atoms with Crippen LogP contribution in [0.15, 0.2) is 12.5 Å². The van der Waals surface area contributed by atoms with E-state index in [4.69, 9.17) is 15.1 Å². The molecule has 24 heavy (non-hydrogen) atoms. The molecule has 0 radical (unpaired) electrons. The lowest BCUT2D eigenvalue weighted by Gasteiger charge is -2.26. The number of nitrogens with zero attached hydrogens (tertiary/aromatic N) is 3. The smallest absolute Gasteiger partial charge is 0.284 e. The van der Waals surface area contributed by atoms with Crippen molar-refractivity contribution in [3.63, 3.8) is 0 Å². The van der Waals surface area contributed by atoms with Crippen molar-refractivity contribution in [2.75, 3.05) is 0 Å². The molecular weight excluding hydrogens is 322 g/mol. The zero-order valence-electron chi connectivity index (χ0n) is 12.6. The summed E-state index contributed by atoms with van der Waals surface area (Å²) in [6, 6.07) is 1.73. The third kappa shape index (κ3) is 3.26. The van der Waals surface area contributed by atoms with Crippen molar-refractivity contribution >= 4 is 0 Å². The van der Waals surface area contributed by atoms with E-state index in [-0.39, 0.29) is 5.69 Å². The van der Waals surface area contributed by atoms with Crippen LogP contribution in [0.5, 0.6) is 0 Å². The summed E-state index contributed by atoms with van der Waals surface area (Å²) >= 11 is 0. The molecule has 1 aliphatic heterocycles. The molecule has 0 spiro atoms. The average molecular weight is 339 g/mol. The molecule has 3 unspecified atom stereocenters. The van der Waals surface area contributed by atoms with E-state index in [0.29, 0.717) is 0 Å². The van der Waals surface area contributed by atoms with Crippen molar-refractivity contribution in [3.05, 3.63) is 18.2 Å². The molecule has 6 N–H and O–H groups in total. The molecule has 7 atom stereocenters. The first-order chi connectivity index (χ1) is 11.2. The second-order valence-corrected chi connectivity index (χ2v) is 5.37. The molecule has 0 bridgehead atoms. The topological polar surface area (TPSA) is 172 Å². The van der Waals surface area contributed by atoms with Gasteiger partial charge in [-0.05, 0) is 6.92 Å². The number of hydrogen-bond acceptors (Lipinski definition) is 9. The highest BCUT2D eigenvalue weighted by atomic mass is 16.7. The molecule has 1 aliphatic rings. The number of hydrogen-bond donors (Lipinski definition) is 6. The minimum absolute atomic E-state index is 0.0578. The lowest BCUT2D eigenvalue weighted by Crippen LogP contribution is -2.45. The van der Waals surface area contributed by atoms with Gasteiger partial charge in [0, 0.05) is 6.20 Å². The number of imidazole rings is 1. The molecule has 1 fully saturated rings. The fourth-order valence-corrected chi connectivity index (χ4v) is 2.14. The second kappa shape index (κ2) is 6.84. The fraction of sp³-hybridized carbons (Fsp3) is 0.571. The van der Waals surface area contributed by atoms with Gasteiger partial charge >= 0.3 is 0 Å². The zero-order chi connectivity index (χ0) is 18.1. The van der Waals surface area contributed by atoms with Crippen molar-refractivity contribution in [2.24, 2.45) is 0 Å². The first kappa shape index (κ1) is 18.3. The van der Waals surface area contributed by atoms with Gasteiger partial charge in [0.15, 0.2) is 11.8 Å². The van der Waals surface area contributed by atoms with Gasteiger partial charge in [0.1, 0.15) is 36.8 Å². The molecule has 1 aromatic rings. The molecule has 2 rings (SSSR count). The predicted molar refractivity (Wildman–Crippen MR) is 75.5 cm³/mol. The Bertz CT molecular complexity index is 689. The Labute approximate surface area is 136 Å². The Hall–Kier alpha value is -2.02. The summed E-state index contributed by atoms with van der Waals surface area (Å²) in [6.45, 7) is 1.29. The largest absolute Gasteiger partial charge is 0.390 e. The van der Waals surface area contributed by atoms with E-state index in [1.165, 1.54) is 6.92 Å². The van der Waals surface area contributed by atoms with Gasteiger partial charge in [-0.3, -0.25) is 4.57 Å². The normalized spacial score (nSPS) is 33.2. The van der Waals surface area contributed by atoms with Crippen LogP contribution in [-0.4, -0.2) is 76.8 Å². The quantitative estimate of drug-likeness (QED) is 0.307. The first-order valence-electron chi connectivity index (χ1n) is 6.97. The monoisotopic (exact) mass is 339 g/mol. The minimum Gasteiger partial charge on any atom is -0.390 e. The van der Waals surface area contributed by atoms with Crippen LogP contribution in [-0.2, 0) is 10.6 Å². The van der Waals surface area contributed by atoms with Crippen LogP contribution in [0.25, 0.3) is 0 Å². The Morgan fingerprint density at radius 3 is 2.54 bits per heavy atom. The molecule has 0 amide bonds. The van der Waals surface area contributed by atoms with Crippen LogP contribution >= 0.6 is 0 Å². The van der Waals surface area contributed by atoms with Crippen molar-refractivity contribution < 1.29 is 35.4 Å². The molecule has 1 aromatic heterocycles. The summed E-state index contributed by atoms with van der Waals surface area (Å²) in [5.41, 5.74) is -0.0578. The third-order valence-corrected chi connectivity index (χ3v) is 3.57. The maximum absolute atomic E-state index is 10.4. The Kier molecular flexibility index (Phi) is 5.22. The SMILES string of the molecule is CC(O)C(O)C#CC(O)[C@H]1O[C@@](O)(n2cnc(C#N)c2)[C@H](O)[C@@H]1O. The van der Waals surface area contributed by atoms with Crippen LogP contribution in [0.1, 0.15) is 12.6 Å². The molecule has 1 saturated heterocycles. The van der Waals surface area contributed by atoms with E-state index in [0.717, 1.165) is 17.1 Å². The van der Waals surface area contributed by atoms with Crippen molar-refractivity contribution in [2.45, 2.75) is 49.5 Å². The molecule has 0 saturated carbocycles. The van der Waals surface area contributed by atoms with Crippen molar-refractivity contribution in [1.82, 2.24) is 9.55 Å². The van der Waals surface area contributed by atoms with Crippen molar-refractivity contribution in [3.8, 4) is 17.9 Å². The number of ether oxygens (including phenoxy) is 1. The molecule has 0 aromatic carbocycles. The minimum atomic E-state index is -2.46. The molecule has 0 aliphatic carbocycles. The van der Waals surface area contributed by atoms with Gasteiger partial charge in [-0.25, -0.2) is 4.98 Å². The van der Waals surface area contributed by atoms with Crippen LogP contribution < -0.4 is 0 Å². The summed E-state index contributed by atoms with van der Waals surface area (Å²) in [7, 11) is 0. The zero-order valence-corrected chi connectivity index (χ0v) is 12.6. The molecule has 130 valence electrons. The number of nitriles is 1. The van der Waals surface area contributed by atoms with Crippen LogP contribution in [0.2, 0.25) is 0 Å². The lowest BCUT2D eigenvalue weighted by atomic mass is 10.0. The maximum Gasteiger partial charge on any atom is 0.284 e. The number of aliphatic hydroxyl groups excluding tert-OH is 5. The highest BCUT2D eigenvalue weighted by molar-refractivity contribution is 5.18. The number of aliphatic hydroxyl groups is 6. The fourth-order valence-electron chi connectivity index (χ4n) is 2.14.